The standard InChI is InChI=1S/C25H30N4O5S/c30-22(29-24-26-14-7-15-27-24)11-6-2-5-10-19-12-13-20(35-19)16-21(23(31)32)28-25(33)34-17-18-8-3-1-4-9-18/h1,3-5,8-10,12-13,21H,2,6-7,11,14-17H2,(H,28,33)(H,31,32)(H2,26,27,29,30)/b10-5+. The minimum Gasteiger partial charge on any atom is -0.480 e. The Balaban J connectivity index is 1.38. The monoisotopic (exact) mass is 498 g/mol. The van der Waals surface area contributed by atoms with Crippen LogP contribution in [-0.2, 0) is 27.4 Å². The molecule has 0 bridgehead atoms. The number of ether oxygens (including phenoxy) is 1. The molecule has 3 rings (SSSR count). The lowest BCUT2D eigenvalue weighted by atomic mass is 10.2. The molecule has 1 atom stereocenters. The Labute approximate surface area is 208 Å². The first-order valence-electron chi connectivity index (χ1n) is 11.5. The summed E-state index contributed by atoms with van der Waals surface area (Å²) in [5.41, 5.74) is 0.820. The third-order valence-electron chi connectivity index (χ3n) is 5.10. The van der Waals surface area contributed by atoms with Crippen LogP contribution in [0.25, 0.3) is 6.08 Å². The minimum atomic E-state index is -1.13. The number of aliphatic imine (C=N–C) groups is 1. The van der Waals surface area contributed by atoms with Crippen molar-refractivity contribution in [1.29, 1.82) is 0 Å². The molecule has 0 spiro atoms. The third-order valence-corrected chi connectivity index (χ3v) is 6.18. The van der Waals surface area contributed by atoms with E-state index in [2.05, 4.69) is 20.9 Å². The maximum atomic E-state index is 12.0. The molecule has 1 aromatic heterocycles. The average molecular weight is 499 g/mol. The number of aliphatic carboxylic acids is 1. The first kappa shape index (κ1) is 26.0. The van der Waals surface area contributed by atoms with Crippen LogP contribution in [-0.4, -0.2) is 48.2 Å². The van der Waals surface area contributed by atoms with Gasteiger partial charge in [0.15, 0.2) is 5.96 Å². The number of carboxylic acids is 1. The van der Waals surface area contributed by atoms with E-state index in [0.717, 1.165) is 41.2 Å². The number of carbonyl (C=O) groups is 3. The number of nitrogens with one attached hydrogen (secondary N) is 3. The number of unbranched alkanes of at least 4 members (excludes halogenated alkanes) is 1. The summed E-state index contributed by atoms with van der Waals surface area (Å²) in [5.74, 6) is -0.624. The molecule has 2 amide bonds. The van der Waals surface area contributed by atoms with Crippen LogP contribution in [0.5, 0.6) is 0 Å². The van der Waals surface area contributed by atoms with Gasteiger partial charge in [0.05, 0.1) is 0 Å². The molecule has 186 valence electrons. The predicted molar refractivity (Wildman–Crippen MR) is 135 cm³/mol. The molecule has 0 saturated heterocycles. The molecule has 0 radical (unpaired) electrons. The van der Waals surface area contributed by atoms with Crippen LogP contribution >= 0.6 is 11.3 Å². The van der Waals surface area contributed by atoms with Gasteiger partial charge in [0.25, 0.3) is 0 Å². The number of thiophene rings is 1. The fraction of sp³-hybridized carbons (Fsp3) is 0.360. The van der Waals surface area contributed by atoms with E-state index < -0.39 is 18.1 Å². The van der Waals surface area contributed by atoms with Crippen LogP contribution in [0.2, 0.25) is 0 Å². The molecule has 0 fully saturated rings. The molecule has 2 aromatic rings. The summed E-state index contributed by atoms with van der Waals surface area (Å²) in [5, 5.41) is 17.8. The van der Waals surface area contributed by atoms with Crippen molar-refractivity contribution >= 4 is 41.3 Å². The van der Waals surface area contributed by atoms with E-state index in [0.29, 0.717) is 18.8 Å². The SMILES string of the molecule is O=C(CCC/C=C/c1ccc(CC(NC(=O)OCc2ccccc2)C(=O)O)s1)NC1=NCCCN1. The van der Waals surface area contributed by atoms with Gasteiger partial charge in [0.1, 0.15) is 12.6 Å². The highest BCUT2D eigenvalue weighted by molar-refractivity contribution is 7.12. The van der Waals surface area contributed by atoms with Gasteiger partial charge in [-0.1, -0.05) is 36.4 Å². The summed E-state index contributed by atoms with van der Waals surface area (Å²) < 4.78 is 5.13. The number of nitrogens with zero attached hydrogens (tertiary/aromatic N) is 1. The van der Waals surface area contributed by atoms with Crippen LogP contribution in [0.3, 0.4) is 0 Å². The number of guanidine groups is 1. The van der Waals surface area contributed by atoms with Crippen molar-refractivity contribution in [3.8, 4) is 0 Å². The fourth-order valence-electron chi connectivity index (χ4n) is 3.29. The van der Waals surface area contributed by atoms with Gasteiger partial charge in [-0.2, -0.15) is 0 Å². The van der Waals surface area contributed by atoms with Crippen LogP contribution in [0.15, 0.2) is 53.5 Å². The number of allylic oxidation sites excluding steroid dienone is 1. The summed E-state index contributed by atoms with van der Waals surface area (Å²) in [6.07, 6.45) is 6.18. The molecule has 2 heterocycles. The number of carbonyl (C=O) groups excluding carboxylic acids is 2. The highest BCUT2D eigenvalue weighted by Gasteiger charge is 2.22. The molecule has 4 N–H and O–H groups in total. The van der Waals surface area contributed by atoms with E-state index in [1.165, 1.54) is 11.3 Å². The molecule has 0 aliphatic carbocycles. The topological polar surface area (TPSA) is 129 Å². The molecule has 0 saturated carbocycles. The zero-order chi connectivity index (χ0) is 24.9. The van der Waals surface area contributed by atoms with E-state index in [1.807, 2.05) is 54.6 Å². The Hall–Kier alpha value is -3.66. The molecular formula is C25H30N4O5S. The van der Waals surface area contributed by atoms with Crippen molar-refractivity contribution in [2.75, 3.05) is 13.1 Å². The Bertz CT molecular complexity index is 1050. The number of hydrogen-bond donors (Lipinski definition) is 4. The highest BCUT2D eigenvalue weighted by atomic mass is 32.1. The van der Waals surface area contributed by atoms with Gasteiger partial charge in [-0.15, -0.1) is 11.3 Å². The highest BCUT2D eigenvalue weighted by Crippen LogP contribution is 2.20. The van der Waals surface area contributed by atoms with E-state index in [4.69, 9.17) is 4.74 Å². The molecule has 1 aromatic carbocycles. The lowest BCUT2D eigenvalue weighted by Gasteiger charge is -2.14. The Morgan fingerprint density at radius 1 is 1.20 bits per heavy atom. The van der Waals surface area contributed by atoms with Gasteiger partial charge >= 0.3 is 12.1 Å². The molecule has 1 unspecified atom stereocenters. The van der Waals surface area contributed by atoms with Gasteiger partial charge in [0.2, 0.25) is 5.91 Å². The normalized spacial score (nSPS) is 14.0. The van der Waals surface area contributed by atoms with Gasteiger partial charge in [-0.05, 0) is 43.0 Å². The molecular weight excluding hydrogens is 468 g/mol. The second kappa shape index (κ2) is 13.9. The van der Waals surface area contributed by atoms with E-state index in [1.54, 1.807) is 0 Å². The molecule has 9 nitrogen and oxygen atoms in total. The molecule has 1 aliphatic heterocycles. The Kier molecular flexibility index (Phi) is 10.3. The van der Waals surface area contributed by atoms with Crippen molar-refractivity contribution in [3.05, 3.63) is 63.9 Å². The summed E-state index contributed by atoms with van der Waals surface area (Å²) in [7, 11) is 0. The van der Waals surface area contributed by atoms with Crippen molar-refractivity contribution in [3.63, 3.8) is 0 Å². The predicted octanol–water partition coefficient (Wildman–Crippen LogP) is 3.32. The minimum absolute atomic E-state index is 0.0560. The Morgan fingerprint density at radius 2 is 2.03 bits per heavy atom. The molecule has 1 aliphatic rings. The molecule has 10 heteroatoms. The van der Waals surface area contributed by atoms with Crippen LogP contribution in [0.4, 0.5) is 4.79 Å². The van der Waals surface area contributed by atoms with Gasteiger partial charge < -0.3 is 20.5 Å². The summed E-state index contributed by atoms with van der Waals surface area (Å²) >= 11 is 1.46. The maximum absolute atomic E-state index is 12.0. The van der Waals surface area contributed by atoms with Crippen LogP contribution in [0.1, 0.15) is 41.0 Å². The average Bonchev–Trinajstić information content (AvgIpc) is 3.30. The summed E-state index contributed by atoms with van der Waals surface area (Å²) in [6, 6.07) is 11.8. The number of alkyl carbamates (subject to hydrolysis) is 1. The number of rotatable bonds is 11. The van der Waals surface area contributed by atoms with Crippen LogP contribution < -0.4 is 16.0 Å². The van der Waals surface area contributed by atoms with Gasteiger partial charge in [-0.3, -0.25) is 15.1 Å². The smallest absolute Gasteiger partial charge is 0.408 e. The third kappa shape index (κ3) is 9.62. The lowest BCUT2D eigenvalue weighted by Crippen LogP contribution is -2.43. The van der Waals surface area contributed by atoms with E-state index in [-0.39, 0.29) is 18.9 Å². The van der Waals surface area contributed by atoms with Crippen molar-refractivity contribution in [1.82, 2.24) is 16.0 Å². The van der Waals surface area contributed by atoms with Gasteiger partial charge in [-0.25, -0.2) is 9.59 Å². The zero-order valence-corrected chi connectivity index (χ0v) is 20.2. The van der Waals surface area contributed by atoms with E-state index >= 15 is 0 Å². The summed E-state index contributed by atoms with van der Waals surface area (Å²) in [4.78, 5) is 41.6. The van der Waals surface area contributed by atoms with Gasteiger partial charge in [0, 0.05) is 35.7 Å². The summed E-state index contributed by atoms with van der Waals surface area (Å²) in [6.45, 7) is 1.63. The zero-order valence-electron chi connectivity index (χ0n) is 19.4. The number of hydrogen-bond acceptors (Lipinski definition) is 7. The second-order valence-electron chi connectivity index (χ2n) is 7.96. The number of carboxylic acid groups (broad SMARTS) is 1. The first-order chi connectivity index (χ1) is 17.0. The lowest BCUT2D eigenvalue weighted by molar-refractivity contribution is -0.139. The maximum Gasteiger partial charge on any atom is 0.408 e. The second-order valence-corrected chi connectivity index (χ2v) is 9.16. The van der Waals surface area contributed by atoms with Crippen molar-refractivity contribution < 1.29 is 24.2 Å². The quantitative estimate of drug-likeness (QED) is 0.352. The molecule has 35 heavy (non-hydrogen) atoms. The number of amides is 2. The fourth-order valence-corrected chi connectivity index (χ4v) is 4.28. The van der Waals surface area contributed by atoms with Crippen molar-refractivity contribution in [2.45, 2.75) is 44.8 Å². The first-order valence-corrected chi connectivity index (χ1v) is 12.3. The number of benzene rings is 1. The van der Waals surface area contributed by atoms with Crippen LogP contribution in [0, 0.1) is 0 Å². The van der Waals surface area contributed by atoms with Crippen molar-refractivity contribution in [2.24, 2.45) is 4.99 Å². The largest absolute Gasteiger partial charge is 0.480 e. The Morgan fingerprint density at radius 3 is 2.77 bits per heavy atom. The van der Waals surface area contributed by atoms with E-state index in [9.17, 15) is 19.5 Å².